The zero-order valence-electron chi connectivity index (χ0n) is 33.8. The highest BCUT2D eigenvalue weighted by Gasteiger charge is 2.40. The Bertz CT molecular complexity index is 2220. The van der Waals surface area contributed by atoms with Crippen LogP contribution in [0.15, 0.2) is 97.5 Å². The van der Waals surface area contributed by atoms with Crippen molar-refractivity contribution in [3.63, 3.8) is 0 Å². The van der Waals surface area contributed by atoms with Crippen molar-refractivity contribution in [3.05, 3.63) is 97.5 Å². The van der Waals surface area contributed by atoms with Gasteiger partial charge in [-0.15, -0.1) is 20.4 Å². The van der Waals surface area contributed by atoms with Crippen molar-refractivity contribution < 1.29 is 4.74 Å². The maximum absolute atomic E-state index is 6.17. The first-order valence-electron chi connectivity index (χ1n) is 19.4. The van der Waals surface area contributed by atoms with Crippen LogP contribution >= 0.6 is 0 Å². The van der Waals surface area contributed by atoms with E-state index in [2.05, 4.69) is 157 Å². The fourth-order valence-electron chi connectivity index (χ4n) is 8.88. The molecule has 2 fully saturated rings. The minimum atomic E-state index is 0.0414. The summed E-state index contributed by atoms with van der Waals surface area (Å²) < 4.78 is 6.17. The Kier molecular flexibility index (Phi) is 10.3. The monoisotopic (exact) mass is 737 g/mol. The SMILES string of the molecule is CC1(C)CC(Oc2ccc(-c3ccc4cnccc4c3)nn2)CC(C)(C)N1.CN(c1ccc(-c2ccc3cccnc3c2)nn1)C1CC(C)(C)NC(C)(C)C1. The van der Waals surface area contributed by atoms with Crippen molar-refractivity contribution in [1.82, 2.24) is 41.0 Å². The van der Waals surface area contributed by atoms with E-state index in [-0.39, 0.29) is 28.3 Å². The molecule has 0 radical (unpaired) electrons. The number of hydrogen-bond donors (Lipinski definition) is 2. The quantitative estimate of drug-likeness (QED) is 0.172. The predicted octanol–water partition coefficient (Wildman–Crippen LogP) is 8.82. The highest BCUT2D eigenvalue weighted by Crippen LogP contribution is 2.34. The van der Waals surface area contributed by atoms with E-state index < -0.39 is 0 Å². The summed E-state index contributed by atoms with van der Waals surface area (Å²) in [5.41, 5.74) is 5.05. The molecule has 6 heterocycles. The minimum absolute atomic E-state index is 0.0414. The van der Waals surface area contributed by atoms with Crippen LogP contribution in [0.4, 0.5) is 5.82 Å². The van der Waals surface area contributed by atoms with Gasteiger partial charge in [0.05, 0.1) is 16.9 Å². The molecule has 6 aromatic rings. The number of ether oxygens (including phenoxy) is 1. The van der Waals surface area contributed by atoms with Crippen LogP contribution < -0.4 is 20.3 Å². The summed E-state index contributed by atoms with van der Waals surface area (Å²) in [7, 11) is 2.13. The summed E-state index contributed by atoms with van der Waals surface area (Å²) in [4.78, 5) is 10.9. The third-order valence-corrected chi connectivity index (χ3v) is 10.6. The molecule has 10 heteroatoms. The summed E-state index contributed by atoms with van der Waals surface area (Å²) >= 11 is 0. The molecule has 0 amide bonds. The van der Waals surface area contributed by atoms with Crippen molar-refractivity contribution in [1.29, 1.82) is 0 Å². The Morgan fingerprint density at radius 3 is 1.85 bits per heavy atom. The largest absolute Gasteiger partial charge is 0.473 e. The summed E-state index contributed by atoms with van der Waals surface area (Å²) in [6, 6.07) is 26.9. The maximum atomic E-state index is 6.17. The Morgan fingerprint density at radius 1 is 0.600 bits per heavy atom. The molecule has 55 heavy (non-hydrogen) atoms. The Balaban J connectivity index is 0.000000169. The first-order chi connectivity index (χ1) is 26.0. The molecular formula is C45H55N9O. The first kappa shape index (κ1) is 38.2. The number of rotatable bonds is 6. The average Bonchev–Trinajstić information content (AvgIpc) is 3.12. The van der Waals surface area contributed by atoms with Crippen molar-refractivity contribution in [3.8, 4) is 28.4 Å². The van der Waals surface area contributed by atoms with Crippen LogP contribution in [0, 0.1) is 0 Å². The third kappa shape index (κ3) is 9.43. The highest BCUT2D eigenvalue weighted by atomic mass is 16.5. The van der Waals surface area contributed by atoms with Crippen molar-refractivity contribution in [2.45, 2.75) is 115 Å². The van der Waals surface area contributed by atoms with Gasteiger partial charge in [0.25, 0.3) is 0 Å². The third-order valence-electron chi connectivity index (χ3n) is 10.6. The maximum Gasteiger partial charge on any atom is 0.233 e. The van der Waals surface area contributed by atoms with Crippen molar-refractivity contribution in [2.24, 2.45) is 0 Å². The highest BCUT2D eigenvalue weighted by molar-refractivity contribution is 5.86. The van der Waals surface area contributed by atoms with E-state index in [9.17, 15) is 0 Å². The molecule has 0 aliphatic carbocycles. The van der Waals surface area contributed by atoms with Gasteiger partial charge in [-0.25, -0.2) is 0 Å². The van der Waals surface area contributed by atoms with Gasteiger partial charge in [0, 0.05) is 94.6 Å². The summed E-state index contributed by atoms with van der Waals surface area (Å²) in [5.74, 6) is 1.50. The molecule has 0 saturated carbocycles. The van der Waals surface area contributed by atoms with E-state index in [0.29, 0.717) is 11.9 Å². The molecule has 2 aliphatic heterocycles. The van der Waals surface area contributed by atoms with Gasteiger partial charge in [-0.2, -0.15) is 0 Å². The van der Waals surface area contributed by atoms with Crippen LogP contribution in [0.3, 0.4) is 0 Å². The second kappa shape index (κ2) is 14.9. The van der Waals surface area contributed by atoms with Gasteiger partial charge in [-0.05, 0) is 116 Å². The molecule has 4 aromatic heterocycles. The molecule has 0 spiro atoms. The first-order valence-corrected chi connectivity index (χ1v) is 19.4. The van der Waals surface area contributed by atoms with E-state index >= 15 is 0 Å². The lowest BCUT2D eigenvalue weighted by molar-refractivity contribution is 0.0524. The van der Waals surface area contributed by atoms with Gasteiger partial charge in [0.1, 0.15) is 6.10 Å². The van der Waals surface area contributed by atoms with Crippen molar-refractivity contribution in [2.75, 3.05) is 11.9 Å². The molecule has 2 aromatic carbocycles. The number of piperidine rings is 2. The van der Waals surface area contributed by atoms with Crippen LogP contribution in [-0.2, 0) is 0 Å². The molecule has 2 aliphatic rings. The average molecular weight is 738 g/mol. The van der Waals surface area contributed by atoms with E-state index in [1.54, 1.807) is 6.20 Å². The van der Waals surface area contributed by atoms with Crippen LogP contribution in [0.2, 0.25) is 0 Å². The second-order valence-corrected chi connectivity index (χ2v) is 18.0. The standard InChI is InChI=1S/C23H29N5.C22H26N4O/c1-22(2)14-18(15-23(3,4)27-22)28(5)21-11-10-19(25-26-21)17-9-8-16-7-6-12-24-20(16)13-17;1-21(2)12-18(13-22(3,4)26-21)27-20-8-7-19(24-25-20)16-5-6-17-14-23-10-9-15(17)11-16/h6-13,18,27H,14-15H2,1-5H3;5-11,14,18,26H,12-13H2,1-4H3. The molecule has 8 rings (SSSR count). The van der Waals surface area contributed by atoms with Crippen LogP contribution in [-0.4, -0.2) is 71.7 Å². The van der Waals surface area contributed by atoms with Crippen LogP contribution in [0.1, 0.15) is 81.1 Å². The van der Waals surface area contributed by atoms with E-state index in [0.717, 1.165) is 75.7 Å². The van der Waals surface area contributed by atoms with Crippen molar-refractivity contribution >= 4 is 27.5 Å². The Labute approximate surface area is 325 Å². The zero-order valence-corrected chi connectivity index (χ0v) is 33.8. The topological polar surface area (TPSA) is 114 Å². The van der Waals surface area contributed by atoms with Crippen LogP contribution in [0.5, 0.6) is 5.88 Å². The van der Waals surface area contributed by atoms with Crippen LogP contribution in [0.25, 0.3) is 44.2 Å². The van der Waals surface area contributed by atoms with Gasteiger partial charge < -0.3 is 20.3 Å². The molecular weight excluding hydrogens is 683 g/mol. The number of fused-ring (bicyclic) bond motifs is 2. The fourth-order valence-corrected chi connectivity index (χ4v) is 8.88. The number of nitrogens with zero attached hydrogens (tertiary/aromatic N) is 7. The number of anilines is 1. The summed E-state index contributed by atoms with van der Waals surface area (Å²) in [6.45, 7) is 18.0. The molecule has 10 nitrogen and oxygen atoms in total. The normalized spacial score (nSPS) is 19.0. The molecule has 0 bridgehead atoms. The lowest BCUT2D eigenvalue weighted by Gasteiger charge is -2.49. The fraction of sp³-hybridized carbons (Fsp3) is 0.422. The van der Waals surface area contributed by atoms with Gasteiger partial charge in [-0.1, -0.05) is 30.3 Å². The molecule has 286 valence electrons. The Morgan fingerprint density at radius 2 is 1.22 bits per heavy atom. The predicted molar refractivity (Wildman–Crippen MR) is 223 cm³/mol. The smallest absolute Gasteiger partial charge is 0.233 e. The Hall–Kier alpha value is -5.06. The van der Waals surface area contributed by atoms with Gasteiger partial charge >= 0.3 is 0 Å². The van der Waals surface area contributed by atoms with Gasteiger partial charge in [0.2, 0.25) is 5.88 Å². The van der Waals surface area contributed by atoms with Gasteiger partial charge in [0.15, 0.2) is 5.82 Å². The zero-order chi connectivity index (χ0) is 39.0. The number of benzene rings is 2. The summed E-state index contributed by atoms with van der Waals surface area (Å²) in [6.07, 6.45) is 9.65. The van der Waals surface area contributed by atoms with Gasteiger partial charge in [-0.3, -0.25) is 9.97 Å². The molecule has 2 N–H and O–H groups in total. The molecule has 0 atom stereocenters. The molecule has 0 unspecified atom stereocenters. The number of aromatic nitrogens is 6. The van der Waals surface area contributed by atoms with E-state index in [4.69, 9.17) is 4.74 Å². The van der Waals surface area contributed by atoms with E-state index in [1.807, 2.05) is 42.7 Å². The number of hydrogen-bond acceptors (Lipinski definition) is 10. The number of nitrogens with one attached hydrogen (secondary N) is 2. The minimum Gasteiger partial charge on any atom is -0.473 e. The van der Waals surface area contributed by atoms with E-state index in [1.165, 1.54) is 0 Å². The number of pyridine rings is 2. The summed E-state index contributed by atoms with van der Waals surface area (Å²) in [5, 5.41) is 28.6. The molecule has 2 saturated heterocycles. The lowest BCUT2D eigenvalue weighted by Crippen LogP contribution is -2.62. The second-order valence-electron chi connectivity index (χ2n) is 18.0. The lowest BCUT2D eigenvalue weighted by atomic mass is 9.79.